The number of nitrogens with one attached hydrogen (secondary N) is 6. The molecule has 476 valence electrons. The van der Waals surface area contributed by atoms with E-state index in [-0.39, 0.29) is 89.1 Å². The number of aliphatic imine (C=N–C) groups is 1. The number of nitrogens with zero attached hydrogens (tertiary/aromatic N) is 5. The number of amides is 11. The van der Waals surface area contributed by atoms with Crippen molar-refractivity contribution in [2.24, 2.45) is 22.4 Å². The minimum atomic E-state index is -1.34. The highest BCUT2D eigenvalue weighted by Crippen LogP contribution is 2.50. The normalized spacial score (nSPS) is 15.6. The standard InChI is InChI=1S/C62H79N13O14/c1-4-25-73(28-29-76)58(85)40-30-39-13-14-42(33-48(39)69-49(63)32-40)62(22-23-62)59(86)68-44-31-41-35-74(27-21-45(41)66-34-44)61(88)89-36-38-11-15-43(16-12-38)67-55(82)46(9-8-24-65-60(64)87)71-57(84)54(37(2)3)72-56(83)47(17-20-53(80)81)70-50(77)10-6-5-7-26-75-51(78)18-19-52(75)79/h11-16,18-19,30-31,33-34,37,46-47,54,76H,4-10,17,20-29,32,35-36H2,1-3H3,(H2,63,69)(H,67,82)(H,68,86)(H,70,77)(H,71,84)(H,72,83)(H,80,81)(H3,64,65,87)/t46-,47-,54-/m0/s1. The number of carbonyl (C=O) groups excluding carboxylic acids is 10. The fourth-order valence-electron chi connectivity index (χ4n) is 10.6. The summed E-state index contributed by atoms with van der Waals surface area (Å²) in [7, 11) is 0. The number of anilines is 2. The lowest BCUT2D eigenvalue weighted by atomic mass is 9.92. The number of primary amides is 1. The zero-order valence-corrected chi connectivity index (χ0v) is 50.3. The van der Waals surface area contributed by atoms with Crippen molar-refractivity contribution in [3.8, 4) is 0 Å². The molecule has 27 heteroatoms. The number of rotatable bonds is 31. The number of unbranched alkanes of at least 4 members (excludes halogenated alkanes) is 2. The molecule has 4 aliphatic rings. The topological polar surface area (TPSA) is 397 Å². The maximum absolute atomic E-state index is 14.0. The molecule has 27 nitrogen and oxygen atoms in total. The molecule has 11 amide bonds. The van der Waals surface area contributed by atoms with Gasteiger partial charge in [-0.05, 0) is 104 Å². The van der Waals surface area contributed by atoms with Crippen LogP contribution < -0.4 is 43.4 Å². The molecule has 12 N–H and O–H groups in total. The number of imide groups is 1. The van der Waals surface area contributed by atoms with E-state index in [1.165, 1.54) is 17.1 Å². The predicted molar refractivity (Wildman–Crippen MR) is 326 cm³/mol. The lowest BCUT2D eigenvalue weighted by Crippen LogP contribution is -2.57. The van der Waals surface area contributed by atoms with Gasteiger partial charge in [-0.2, -0.15) is 0 Å². The van der Waals surface area contributed by atoms with Crippen molar-refractivity contribution in [3.05, 3.63) is 100 Å². The fraction of sp³-hybridized carbons (Fsp3) is 0.468. The van der Waals surface area contributed by atoms with E-state index in [2.05, 4.69) is 41.9 Å². The van der Waals surface area contributed by atoms with Gasteiger partial charge in [0.25, 0.3) is 11.8 Å². The van der Waals surface area contributed by atoms with E-state index in [9.17, 15) is 63.0 Å². The van der Waals surface area contributed by atoms with Crippen LogP contribution in [0.3, 0.4) is 0 Å². The molecule has 3 aromatic rings. The first-order valence-electron chi connectivity index (χ1n) is 30.0. The number of carboxylic acids is 1. The van der Waals surface area contributed by atoms with Crippen LogP contribution in [0, 0.1) is 5.92 Å². The van der Waals surface area contributed by atoms with Gasteiger partial charge < -0.3 is 68.1 Å². The van der Waals surface area contributed by atoms with E-state index in [1.54, 1.807) is 61.4 Å². The second kappa shape index (κ2) is 31.4. The molecule has 1 aromatic heterocycles. The molecule has 1 fully saturated rings. The molecule has 3 aliphatic heterocycles. The van der Waals surface area contributed by atoms with Gasteiger partial charge in [-0.25, -0.2) is 14.6 Å². The number of urea groups is 1. The Kier molecular flexibility index (Phi) is 23.6. The maximum atomic E-state index is 14.0. The van der Waals surface area contributed by atoms with Crippen molar-refractivity contribution in [2.45, 2.75) is 141 Å². The second-order valence-corrected chi connectivity index (χ2v) is 22.8. The van der Waals surface area contributed by atoms with Gasteiger partial charge in [-0.15, -0.1) is 0 Å². The summed E-state index contributed by atoms with van der Waals surface area (Å²) in [6.07, 6.45) is 8.28. The number of carboxylic acid groups (broad SMARTS) is 1. The van der Waals surface area contributed by atoms with Crippen molar-refractivity contribution in [3.63, 3.8) is 0 Å². The monoisotopic (exact) mass is 1230 g/mol. The first-order chi connectivity index (χ1) is 42.6. The van der Waals surface area contributed by atoms with E-state index in [4.69, 9.17) is 16.2 Å². The first kappa shape index (κ1) is 67.0. The van der Waals surface area contributed by atoms with Gasteiger partial charge in [-0.3, -0.25) is 53.0 Å². The molecule has 1 aliphatic carbocycles. The molecule has 7 rings (SSSR count). The van der Waals surface area contributed by atoms with Gasteiger partial charge >= 0.3 is 18.1 Å². The van der Waals surface area contributed by atoms with Crippen molar-refractivity contribution in [2.75, 3.05) is 50.0 Å². The van der Waals surface area contributed by atoms with Crippen molar-refractivity contribution in [1.82, 2.24) is 41.0 Å². The lowest BCUT2D eigenvalue weighted by Gasteiger charge is -2.28. The van der Waals surface area contributed by atoms with Crippen LogP contribution in [0.5, 0.6) is 0 Å². The number of aromatic nitrogens is 1. The predicted octanol–water partition coefficient (Wildman–Crippen LogP) is 3.30. The van der Waals surface area contributed by atoms with Crippen LogP contribution in [0.2, 0.25) is 0 Å². The number of benzene rings is 2. The number of hydrogen-bond donors (Lipinski definition) is 10. The van der Waals surface area contributed by atoms with E-state index < -0.39 is 89.4 Å². The molecular formula is C62H79N13O14. The Labute approximate surface area is 514 Å². The Bertz CT molecular complexity index is 3240. The third-order valence-corrected chi connectivity index (χ3v) is 15.6. The summed E-state index contributed by atoms with van der Waals surface area (Å²) in [5, 5.41) is 35.1. The van der Waals surface area contributed by atoms with Gasteiger partial charge in [0.15, 0.2) is 0 Å². The number of fused-ring (bicyclic) bond motifs is 2. The van der Waals surface area contributed by atoms with Crippen molar-refractivity contribution < 1.29 is 67.7 Å². The SMILES string of the molecule is CCCN(CCO)C(=O)C1=Cc2ccc(C3(C(=O)Nc4cnc5c(c4)CN(C(=O)OCc4ccc(NC(=O)[C@H](CCCNC(N)=O)NC(=O)[C@@H](NC(=O)[C@H](CCC(=O)O)NC(=O)CCCCCN6C(=O)C=CC6=O)C(C)C)cc4)CC5)CC3)cc2N=C(N)C1. The number of carbonyl (C=O) groups is 11. The highest BCUT2D eigenvalue weighted by Gasteiger charge is 2.51. The number of aliphatic hydroxyl groups is 1. The first-order valence-corrected chi connectivity index (χ1v) is 30.0. The molecule has 4 heterocycles. The number of aliphatic carboxylic acids is 1. The number of aliphatic hydroxyl groups excluding tert-OH is 1. The van der Waals surface area contributed by atoms with Crippen LogP contribution in [0.1, 0.15) is 126 Å². The summed E-state index contributed by atoms with van der Waals surface area (Å²) in [5.41, 5.74) is 16.1. The maximum Gasteiger partial charge on any atom is 0.410 e. The number of pyridine rings is 1. The van der Waals surface area contributed by atoms with Gasteiger partial charge in [0.1, 0.15) is 30.6 Å². The Balaban J connectivity index is 0.908. The van der Waals surface area contributed by atoms with Crippen LogP contribution in [-0.4, -0.2) is 159 Å². The van der Waals surface area contributed by atoms with Crippen molar-refractivity contribution in [1.29, 1.82) is 0 Å². The Morgan fingerprint density at radius 3 is 2.22 bits per heavy atom. The quantitative estimate of drug-likeness (QED) is 0.0326. The molecule has 89 heavy (non-hydrogen) atoms. The smallest absolute Gasteiger partial charge is 0.410 e. The van der Waals surface area contributed by atoms with E-state index >= 15 is 0 Å². The van der Waals surface area contributed by atoms with Crippen LogP contribution in [0.4, 0.5) is 26.7 Å². The summed E-state index contributed by atoms with van der Waals surface area (Å²) >= 11 is 0. The van der Waals surface area contributed by atoms with E-state index in [0.717, 1.165) is 28.1 Å². The zero-order valence-electron chi connectivity index (χ0n) is 50.3. The zero-order chi connectivity index (χ0) is 64.4. The van der Waals surface area contributed by atoms with Crippen LogP contribution in [0.25, 0.3) is 6.08 Å². The highest BCUT2D eigenvalue weighted by atomic mass is 16.6. The average Bonchev–Trinajstić information content (AvgIpc) is 1.63. The van der Waals surface area contributed by atoms with Crippen LogP contribution in [0.15, 0.2) is 77.4 Å². The van der Waals surface area contributed by atoms with Crippen LogP contribution >= 0.6 is 0 Å². The second-order valence-electron chi connectivity index (χ2n) is 22.8. The lowest BCUT2D eigenvalue weighted by molar-refractivity contribution is -0.139. The van der Waals surface area contributed by atoms with Gasteiger partial charge in [0, 0.05) is 93.1 Å². The summed E-state index contributed by atoms with van der Waals surface area (Å²) in [5.74, 6) is -5.59. The molecular weight excluding hydrogens is 1150 g/mol. The Morgan fingerprint density at radius 2 is 1.55 bits per heavy atom. The molecule has 0 unspecified atom stereocenters. The van der Waals surface area contributed by atoms with Gasteiger partial charge in [-0.1, -0.05) is 51.5 Å². The number of amidine groups is 1. The van der Waals surface area contributed by atoms with E-state index in [1.807, 2.05) is 25.1 Å². The average molecular weight is 1230 g/mol. The highest BCUT2D eigenvalue weighted by molar-refractivity contribution is 6.13. The minimum Gasteiger partial charge on any atom is -0.481 e. The molecule has 1 saturated carbocycles. The fourth-order valence-corrected chi connectivity index (χ4v) is 10.6. The Morgan fingerprint density at radius 1 is 0.820 bits per heavy atom. The molecule has 0 saturated heterocycles. The molecule has 2 aromatic carbocycles. The summed E-state index contributed by atoms with van der Waals surface area (Å²) in [6, 6.07) is 9.18. The molecule has 0 bridgehead atoms. The van der Waals surface area contributed by atoms with Crippen LogP contribution in [-0.2, 0) is 72.9 Å². The summed E-state index contributed by atoms with van der Waals surface area (Å²) in [6.45, 7) is 6.39. The molecule has 3 atom stereocenters. The third-order valence-electron chi connectivity index (χ3n) is 15.6. The van der Waals surface area contributed by atoms with E-state index in [0.29, 0.717) is 85.4 Å². The summed E-state index contributed by atoms with van der Waals surface area (Å²) < 4.78 is 5.70. The molecule has 0 spiro atoms. The van der Waals surface area contributed by atoms with Gasteiger partial charge in [0.05, 0.1) is 36.1 Å². The number of ether oxygens (including phenoxy) is 1. The molecule has 0 radical (unpaired) electrons. The van der Waals surface area contributed by atoms with Gasteiger partial charge in [0.2, 0.25) is 35.4 Å². The van der Waals surface area contributed by atoms with Crippen molar-refractivity contribution >= 4 is 94.3 Å². The summed E-state index contributed by atoms with van der Waals surface area (Å²) in [4.78, 5) is 155. The minimum absolute atomic E-state index is 0.0122. The largest absolute Gasteiger partial charge is 0.481 e. The third kappa shape index (κ3) is 18.7. The number of hydrogen-bond acceptors (Lipinski definition) is 16. The Hall–Kier alpha value is -9.53. The number of nitrogens with two attached hydrogens (primary N) is 2.